The van der Waals surface area contributed by atoms with Gasteiger partial charge in [-0.1, -0.05) is 31.0 Å². The van der Waals surface area contributed by atoms with Crippen LogP contribution in [-0.4, -0.2) is 65.5 Å². The normalized spacial score (nSPS) is 18.2. The number of hydrogen-bond acceptors (Lipinski definition) is 4. The number of carbonyl (C=O) groups excluding carboxylic acids is 2. The first-order chi connectivity index (χ1) is 16.3. The molecule has 4 rings (SSSR count). The maximum Gasteiger partial charge on any atom is 0.273 e. The molecule has 2 unspecified atom stereocenters. The third-order valence-electron chi connectivity index (χ3n) is 6.52. The van der Waals surface area contributed by atoms with Gasteiger partial charge >= 0.3 is 0 Å². The number of ether oxygens (including phenoxy) is 1. The Morgan fingerprint density at radius 3 is 2.38 bits per heavy atom. The zero-order chi connectivity index (χ0) is 24.4. The second-order valence-corrected chi connectivity index (χ2v) is 9.25. The standard InChI is InChI=1S/C26H31FN4O3/c1-29(2)25(32)24(26(33)30(3)4)34-17-13-14-18(20(27)15-17)19-9-5-7-11-22(19)31-16-28-21-10-6-8-12-23(21)31/h6,8,10,12-16,19,22,24H,5,7,9,11H2,1-4H3. The Hall–Kier alpha value is -3.42. The van der Waals surface area contributed by atoms with Gasteiger partial charge in [-0.2, -0.15) is 0 Å². The third-order valence-corrected chi connectivity index (χ3v) is 6.52. The molecule has 8 heteroatoms. The number of imidazole rings is 1. The molecule has 2 amide bonds. The van der Waals surface area contributed by atoms with Gasteiger partial charge in [0.05, 0.1) is 17.4 Å². The van der Waals surface area contributed by atoms with Crippen molar-refractivity contribution in [3.05, 3.63) is 60.2 Å². The maximum atomic E-state index is 15.4. The number of aromatic nitrogens is 2. The molecular weight excluding hydrogens is 435 g/mol. The Morgan fingerprint density at radius 1 is 1.03 bits per heavy atom. The molecule has 0 N–H and O–H groups in total. The first-order valence-corrected chi connectivity index (χ1v) is 11.6. The fraction of sp³-hybridized carbons (Fsp3) is 0.423. The van der Waals surface area contributed by atoms with Crippen LogP contribution < -0.4 is 4.74 Å². The first-order valence-electron chi connectivity index (χ1n) is 11.6. The number of likely N-dealkylation sites (N-methyl/N-ethyl adjacent to an activating group) is 2. The van der Waals surface area contributed by atoms with Gasteiger partial charge in [-0.05, 0) is 36.6 Å². The van der Waals surface area contributed by atoms with E-state index < -0.39 is 23.7 Å². The highest BCUT2D eigenvalue weighted by molar-refractivity contribution is 6.03. The molecule has 1 aliphatic carbocycles. The molecule has 1 aromatic heterocycles. The number of benzene rings is 2. The van der Waals surface area contributed by atoms with Crippen LogP contribution in [0.3, 0.4) is 0 Å². The lowest BCUT2D eigenvalue weighted by molar-refractivity contribution is -0.148. The van der Waals surface area contributed by atoms with Gasteiger partial charge in [0.25, 0.3) is 17.9 Å². The Morgan fingerprint density at radius 2 is 1.71 bits per heavy atom. The van der Waals surface area contributed by atoms with Crippen molar-refractivity contribution in [3.63, 3.8) is 0 Å². The number of fused-ring (bicyclic) bond motifs is 1. The zero-order valence-electron chi connectivity index (χ0n) is 20.1. The van der Waals surface area contributed by atoms with Crippen LogP contribution >= 0.6 is 0 Å². The molecule has 3 aromatic rings. The van der Waals surface area contributed by atoms with Crippen LogP contribution in [0.5, 0.6) is 5.75 Å². The molecule has 2 aromatic carbocycles. The Balaban J connectivity index is 1.62. The predicted octanol–water partition coefficient (Wildman–Crippen LogP) is 4.00. The number of para-hydroxylation sites is 2. The number of rotatable bonds is 6. The summed E-state index contributed by atoms with van der Waals surface area (Å²) in [5, 5.41) is 0. The molecule has 2 atom stereocenters. The zero-order valence-corrected chi connectivity index (χ0v) is 20.1. The number of carbonyl (C=O) groups is 2. The van der Waals surface area contributed by atoms with Crippen molar-refractivity contribution >= 4 is 22.8 Å². The molecule has 0 bridgehead atoms. The highest BCUT2D eigenvalue weighted by Gasteiger charge is 2.33. The molecule has 0 aliphatic heterocycles. The molecular formula is C26H31FN4O3. The smallest absolute Gasteiger partial charge is 0.273 e. The van der Waals surface area contributed by atoms with Crippen molar-refractivity contribution in [2.45, 2.75) is 43.7 Å². The minimum absolute atomic E-state index is 0.0111. The van der Waals surface area contributed by atoms with Crippen molar-refractivity contribution in [1.29, 1.82) is 0 Å². The average Bonchev–Trinajstić information content (AvgIpc) is 3.26. The summed E-state index contributed by atoms with van der Waals surface area (Å²) in [6.07, 6.45) is 4.41. The summed E-state index contributed by atoms with van der Waals surface area (Å²) in [4.78, 5) is 32.2. The summed E-state index contributed by atoms with van der Waals surface area (Å²) in [5.41, 5.74) is 2.59. The summed E-state index contributed by atoms with van der Waals surface area (Å²) in [6, 6.07) is 12.7. The third kappa shape index (κ3) is 4.62. The summed E-state index contributed by atoms with van der Waals surface area (Å²) < 4.78 is 23.3. The lowest BCUT2D eigenvalue weighted by Crippen LogP contribution is -2.48. The van der Waals surface area contributed by atoms with Crippen molar-refractivity contribution in [2.24, 2.45) is 0 Å². The van der Waals surface area contributed by atoms with Crippen molar-refractivity contribution in [1.82, 2.24) is 19.4 Å². The summed E-state index contributed by atoms with van der Waals surface area (Å²) in [7, 11) is 6.20. The number of halogens is 1. The van der Waals surface area contributed by atoms with E-state index in [0.29, 0.717) is 5.56 Å². The van der Waals surface area contributed by atoms with Gasteiger partial charge in [0.2, 0.25) is 0 Å². The lowest BCUT2D eigenvalue weighted by Gasteiger charge is -2.33. The SMILES string of the molecule is CN(C)C(=O)C(Oc1ccc(C2CCCCC2n2cnc3ccccc32)c(F)c1)C(=O)N(C)C. The molecule has 1 fully saturated rings. The second kappa shape index (κ2) is 9.83. The Bertz CT molecular complexity index is 1170. The highest BCUT2D eigenvalue weighted by atomic mass is 19.1. The van der Waals surface area contributed by atoms with Gasteiger partial charge in [0.15, 0.2) is 0 Å². The number of amides is 2. The van der Waals surface area contributed by atoms with Crippen LogP contribution in [0.2, 0.25) is 0 Å². The van der Waals surface area contributed by atoms with Crippen LogP contribution in [0.4, 0.5) is 4.39 Å². The van der Waals surface area contributed by atoms with Gasteiger partial charge in [0, 0.05) is 46.2 Å². The molecule has 180 valence electrons. The fourth-order valence-electron chi connectivity index (χ4n) is 4.74. The lowest BCUT2D eigenvalue weighted by atomic mass is 9.79. The topological polar surface area (TPSA) is 67.7 Å². The van der Waals surface area contributed by atoms with E-state index in [4.69, 9.17) is 4.74 Å². The van der Waals surface area contributed by atoms with E-state index in [-0.39, 0.29) is 17.7 Å². The monoisotopic (exact) mass is 466 g/mol. The van der Waals surface area contributed by atoms with E-state index in [1.165, 1.54) is 15.9 Å². The van der Waals surface area contributed by atoms with E-state index in [0.717, 1.165) is 36.7 Å². The van der Waals surface area contributed by atoms with E-state index in [1.54, 1.807) is 40.3 Å². The Kier molecular flexibility index (Phi) is 6.86. The molecule has 1 heterocycles. The van der Waals surface area contributed by atoms with Crippen LogP contribution in [0.15, 0.2) is 48.8 Å². The molecule has 34 heavy (non-hydrogen) atoms. The minimum atomic E-state index is -1.37. The van der Waals surface area contributed by atoms with Gasteiger partial charge in [-0.3, -0.25) is 9.59 Å². The second-order valence-electron chi connectivity index (χ2n) is 9.25. The first kappa shape index (κ1) is 23.7. The van der Waals surface area contributed by atoms with E-state index in [2.05, 4.69) is 9.55 Å². The van der Waals surface area contributed by atoms with Crippen LogP contribution in [0.1, 0.15) is 43.2 Å². The van der Waals surface area contributed by atoms with Crippen molar-refractivity contribution in [2.75, 3.05) is 28.2 Å². The molecule has 0 radical (unpaired) electrons. The van der Waals surface area contributed by atoms with Crippen LogP contribution in [0, 0.1) is 5.82 Å². The fourth-order valence-corrected chi connectivity index (χ4v) is 4.74. The van der Waals surface area contributed by atoms with Crippen molar-refractivity contribution < 1.29 is 18.7 Å². The largest absolute Gasteiger partial charge is 0.470 e. The minimum Gasteiger partial charge on any atom is -0.470 e. The average molecular weight is 467 g/mol. The molecule has 7 nitrogen and oxygen atoms in total. The van der Waals surface area contributed by atoms with E-state index >= 15 is 4.39 Å². The molecule has 0 spiro atoms. The molecule has 1 saturated carbocycles. The maximum absolute atomic E-state index is 15.4. The summed E-state index contributed by atoms with van der Waals surface area (Å²) >= 11 is 0. The summed E-state index contributed by atoms with van der Waals surface area (Å²) in [5.74, 6) is -1.25. The summed E-state index contributed by atoms with van der Waals surface area (Å²) in [6.45, 7) is 0. The van der Waals surface area contributed by atoms with Crippen LogP contribution in [0.25, 0.3) is 11.0 Å². The van der Waals surface area contributed by atoms with Gasteiger partial charge in [-0.25, -0.2) is 9.37 Å². The van der Waals surface area contributed by atoms with Gasteiger partial charge in [0.1, 0.15) is 11.6 Å². The number of nitrogens with zero attached hydrogens (tertiary/aromatic N) is 4. The van der Waals surface area contributed by atoms with E-state index in [1.807, 2.05) is 30.6 Å². The molecule has 0 saturated heterocycles. The quantitative estimate of drug-likeness (QED) is 0.515. The van der Waals surface area contributed by atoms with E-state index in [9.17, 15) is 9.59 Å². The van der Waals surface area contributed by atoms with Gasteiger partial charge < -0.3 is 19.1 Å². The number of hydrogen-bond donors (Lipinski definition) is 0. The predicted molar refractivity (Wildman–Crippen MR) is 128 cm³/mol. The molecule has 1 aliphatic rings. The Labute approximate surface area is 199 Å². The van der Waals surface area contributed by atoms with Crippen LogP contribution in [-0.2, 0) is 9.59 Å². The highest BCUT2D eigenvalue weighted by Crippen LogP contribution is 2.43. The van der Waals surface area contributed by atoms with Crippen molar-refractivity contribution in [3.8, 4) is 5.75 Å². The van der Waals surface area contributed by atoms with Gasteiger partial charge in [-0.15, -0.1) is 0 Å².